The zero-order valence-electron chi connectivity index (χ0n) is 10.5. The Morgan fingerprint density at radius 2 is 2.06 bits per heavy atom. The normalized spacial score (nSPS) is 14.1. The van der Waals surface area contributed by atoms with Gasteiger partial charge in [-0.1, -0.05) is 37.3 Å². The Kier molecular flexibility index (Phi) is 6.88. The van der Waals surface area contributed by atoms with Crippen LogP contribution >= 0.6 is 8.25 Å². The minimum absolute atomic E-state index is 0.115. The summed E-state index contributed by atoms with van der Waals surface area (Å²) in [7, 11) is -3.00. The molecule has 100 valence electrons. The number of rotatable bonds is 8. The third-order valence-electron chi connectivity index (χ3n) is 2.83. The molecule has 0 bridgehead atoms. The van der Waals surface area contributed by atoms with Gasteiger partial charge in [-0.3, -0.25) is 9.36 Å². The summed E-state index contributed by atoms with van der Waals surface area (Å²) >= 11 is 0. The van der Waals surface area contributed by atoms with Crippen LogP contribution in [0, 0.1) is 5.92 Å². The minimum Gasteiger partial charge on any atom is -0.326 e. The molecule has 0 radical (unpaired) electrons. The molecule has 0 aliphatic heterocycles. The van der Waals surface area contributed by atoms with Crippen LogP contribution in [0.4, 0.5) is 0 Å². The minimum atomic E-state index is -3.00. The Morgan fingerprint density at radius 1 is 1.39 bits per heavy atom. The molecule has 0 saturated carbocycles. The molecular formula is C13H19O4P. The molecule has 2 atom stereocenters. The third-order valence-corrected chi connectivity index (χ3v) is 3.22. The molecule has 1 aromatic carbocycles. The zero-order valence-corrected chi connectivity index (χ0v) is 11.5. The highest BCUT2D eigenvalue weighted by Crippen LogP contribution is 2.17. The lowest BCUT2D eigenvalue weighted by atomic mass is 9.98. The summed E-state index contributed by atoms with van der Waals surface area (Å²) in [6.07, 6.45) is 2.63. The number of carbonyl (C=O) groups is 1. The molecule has 1 aromatic rings. The molecule has 1 rings (SSSR count). The van der Waals surface area contributed by atoms with Crippen molar-refractivity contribution >= 4 is 14.0 Å². The van der Waals surface area contributed by atoms with Crippen molar-refractivity contribution < 1.29 is 18.8 Å². The first kappa shape index (κ1) is 15.1. The van der Waals surface area contributed by atoms with Crippen molar-refractivity contribution in [1.82, 2.24) is 0 Å². The van der Waals surface area contributed by atoms with Crippen molar-refractivity contribution in [2.45, 2.75) is 26.2 Å². The van der Waals surface area contributed by atoms with Crippen LogP contribution in [0.3, 0.4) is 0 Å². The molecule has 0 heterocycles. The topological polar surface area (TPSA) is 63.6 Å². The van der Waals surface area contributed by atoms with Crippen LogP contribution < -0.4 is 0 Å². The maximum Gasteiger partial charge on any atom is 0.317 e. The standard InChI is InChI=1S/C13H19O4P/c1-11(13(14)10-17-18(15)16)6-5-9-12-7-3-2-4-8-12/h2-4,7-8,11,18H,5-6,9-10H2,1H3,(H,15,16). The molecule has 0 aromatic heterocycles. The molecule has 0 aliphatic rings. The van der Waals surface area contributed by atoms with Crippen LogP contribution in [-0.2, 0) is 20.3 Å². The van der Waals surface area contributed by atoms with Gasteiger partial charge in [0.25, 0.3) is 0 Å². The number of hydrogen-bond acceptors (Lipinski definition) is 3. The lowest BCUT2D eigenvalue weighted by Crippen LogP contribution is -2.16. The molecule has 2 unspecified atom stereocenters. The van der Waals surface area contributed by atoms with Gasteiger partial charge in [-0.25, -0.2) is 0 Å². The highest BCUT2D eigenvalue weighted by atomic mass is 31.1. The van der Waals surface area contributed by atoms with E-state index in [9.17, 15) is 9.36 Å². The number of carbonyl (C=O) groups excluding carboxylic acids is 1. The van der Waals surface area contributed by atoms with Crippen LogP contribution in [-0.4, -0.2) is 17.3 Å². The van der Waals surface area contributed by atoms with E-state index in [1.54, 1.807) is 0 Å². The van der Waals surface area contributed by atoms with E-state index in [0.29, 0.717) is 0 Å². The van der Waals surface area contributed by atoms with Gasteiger partial charge in [-0.05, 0) is 24.8 Å². The van der Waals surface area contributed by atoms with E-state index in [-0.39, 0.29) is 18.3 Å². The van der Waals surface area contributed by atoms with Crippen LogP contribution in [0.1, 0.15) is 25.3 Å². The van der Waals surface area contributed by atoms with Gasteiger partial charge in [0, 0.05) is 5.92 Å². The van der Waals surface area contributed by atoms with Gasteiger partial charge in [0.1, 0.15) is 6.61 Å². The maximum absolute atomic E-state index is 11.5. The first-order chi connectivity index (χ1) is 8.59. The second-order valence-corrected chi connectivity index (χ2v) is 5.12. The monoisotopic (exact) mass is 270 g/mol. The first-order valence-electron chi connectivity index (χ1n) is 6.02. The van der Waals surface area contributed by atoms with E-state index in [1.165, 1.54) is 5.56 Å². The van der Waals surface area contributed by atoms with Crippen molar-refractivity contribution in [2.75, 3.05) is 6.61 Å². The molecule has 1 N–H and O–H groups in total. The van der Waals surface area contributed by atoms with E-state index < -0.39 is 8.25 Å². The fourth-order valence-corrected chi connectivity index (χ4v) is 1.96. The fraction of sp³-hybridized carbons (Fsp3) is 0.462. The van der Waals surface area contributed by atoms with Gasteiger partial charge in [-0.2, -0.15) is 0 Å². The number of benzene rings is 1. The lowest BCUT2D eigenvalue weighted by Gasteiger charge is -2.09. The highest BCUT2D eigenvalue weighted by Gasteiger charge is 2.13. The van der Waals surface area contributed by atoms with Gasteiger partial charge in [0.05, 0.1) is 0 Å². The van der Waals surface area contributed by atoms with Gasteiger partial charge in [-0.15, -0.1) is 0 Å². The van der Waals surface area contributed by atoms with E-state index >= 15 is 0 Å². The average Bonchev–Trinajstić information content (AvgIpc) is 2.37. The molecule has 4 nitrogen and oxygen atoms in total. The smallest absolute Gasteiger partial charge is 0.317 e. The Hall–Kier alpha value is -0.960. The predicted octanol–water partition coefficient (Wildman–Crippen LogP) is 2.61. The largest absolute Gasteiger partial charge is 0.326 e. The summed E-state index contributed by atoms with van der Waals surface area (Å²) in [6, 6.07) is 10.1. The Balaban J connectivity index is 2.22. The quantitative estimate of drug-likeness (QED) is 0.737. The van der Waals surface area contributed by atoms with E-state index in [2.05, 4.69) is 16.7 Å². The van der Waals surface area contributed by atoms with Crippen molar-refractivity contribution in [3.63, 3.8) is 0 Å². The summed E-state index contributed by atoms with van der Waals surface area (Å²) in [6.45, 7) is 1.56. The SMILES string of the molecule is CC(CCCc1ccccc1)C(=O)CO[PH](=O)O. The van der Waals surface area contributed by atoms with Gasteiger partial charge >= 0.3 is 8.25 Å². The van der Waals surface area contributed by atoms with Crippen LogP contribution in [0.25, 0.3) is 0 Å². The predicted molar refractivity (Wildman–Crippen MR) is 70.7 cm³/mol. The Labute approximate surface area is 108 Å². The third kappa shape index (κ3) is 6.10. The Bertz CT molecular complexity index is 391. The van der Waals surface area contributed by atoms with Crippen LogP contribution in [0.15, 0.2) is 30.3 Å². The van der Waals surface area contributed by atoms with E-state index in [1.807, 2.05) is 25.1 Å². The van der Waals surface area contributed by atoms with E-state index in [4.69, 9.17) is 4.89 Å². The van der Waals surface area contributed by atoms with Crippen LogP contribution in [0.2, 0.25) is 0 Å². The Morgan fingerprint density at radius 3 is 2.67 bits per heavy atom. The fourth-order valence-electron chi connectivity index (χ4n) is 1.69. The zero-order chi connectivity index (χ0) is 13.4. The maximum atomic E-state index is 11.5. The summed E-state index contributed by atoms with van der Waals surface area (Å²) in [5.41, 5.74) is 1.26. The average molecular weight is 270 g/mol. The number of Topliss-reactive ketones (excluding diaryl/α,β-unsaturated/α-hetero) is 1. The van der Waals surface area contributed by atoms with Crippen LogP contribution in [0.5, 0.6) is 0 Å². The molecule has 0 aliphatic carbocycles. The molecule has 5 heteroatoms. The highest BCUT2D eigenvalue weighted by molar-refractivity contribution is 7.32. The second-order valence-electron chi connectivity index (χ2n) is 4.30. The van der Waals surface area contributed by atoms with E-state index in [0.717, 1.165) is 19.3 Å². The van der Waals surface area contributed by atoms with Crippen molar-refractivity contribution in [3.8, 4) is 0 Å². The lowest BCUT2D eigenvalue weighted by molar-refractivity contribution is -0.124. The molecule has 0 spiro atoms. The second kappa shape index (κ2) is 8.20. The van der Waals surface area contributed by atoms with Gasteiger partial charge in [0.15, 0.2) is 5.78 Å². The number of hydrogen-bond donors (Lipinski definition) is 1. The summed E-state index contributed by atoms with van der Waals surface area (Å²) in [4.78, 5) is 20.0. The molecule has 0 saturated heterocycles. The summed E-state index contributed by atoms with van der Waals surface area (Å²) < 4.78 is 14.8. The molecule has 18 heavy (non-hydrogen) atoms. The molecule has 0 amide bonds. The molecular weight excluding hydrogens is 251 g/mol. The summed E-state index contributed by atoms with van der Waals surface area (Å²) in [5, 5.41) is 0. The van der Waals surface area contributed by atoms with Gasteiger partial charge < -0.3 is 9.42 Å². The van der Waals surface area contributed by atoms with Gasteiger partial charge in [0.2, 0.25) is 0 Å². The van der Waals surface area contributed by atoms with Crippen molar-refractivity contribution in [2.24, 2.45) is 5.92 Å². The van der Waals surface area contributed by atoms with Crippen molar-refractivity contribution in [1.29, 1.82) is 0 Å². The number of ketones is 1. The van der Waals surface area contributed by atoms with Crippen molar-refractivity contribution in [3.05, 3.63) is 35.9 Å². The first-order valence-corrected chi connectivity index (χ1v) is 7.28. The molecule has 0 fully saturated rings. The number of aryl methyl sites for hydroxylation is 1. The summed E-state index contributed by atoms with van der Waals surface area (Å²) in [5.74, 6) is -0.245.